The molecule has 2 N–H and O–H groups in total. The first-order chi connectivity index (χ1) is 48.9. The van der Waals surface area contributed by atoms with Gasteiger partial charge in [0, 0.05) is 149 Å². The average molecular weight is 1880 g/mol. The minimum atomic E-state index is -6.09. The molecule has 47 heteroatoms. The largest absolute Gasteiger partial charge is 3.00 e. The van der Waals surface area contributed by atoms with Gasteiger partial charge >= 0.3 is 93.2 Å². The van der Waals surface area contributed by atoms with Crippen molar-refractivity contribution in [2.45, 2.75) is 95.2 Å². The van der Waals surface area contributed by atoms with Crippen molar-refractivity contribution in [3.8, 4) is 18.2 Å². The second kappa shape index (κ2) is 57.6. The zero-order valence-electron chi connectivity index (χ0n) is 57.3. The SMILES string of the molecule is CC#N.CC#N.CC#N.O=S(=O)([O-])C(F)(F)F.O=S(=O)([O-])C(F)(F)F.O=S(=O)([O-])C(F)(F)F.O=S(=O)([O-])C(F)(F)F.[La+3].[La+3].[OH-].[OH-].c1ccc(CN(CCN(Cc2ccccn2)Cc2ccccn2)Cc2ccccn2)nc1.c1ccc(CN(CCN(Cc2ccccn2)Cc2ccccn2)Cc2ccccn2)nc1. The van der Waals surface area contributed by atoms with Gasteiger partial charge in [-0.15, -0.1) is 0 Å². The van der Waals surface area contributed by atoms with Gasteiger partial charge in [-0.2, -0.15) is 68.5 Å². The minimum Gasteiger partial charge on any atom is -0.870 e. The van der Waals surface area contributed by atoms with Crippen molar-refractivity contribution in [3.63, 3.8) is 0 Å². The molecule has 0 amide bonds. The van der Waals surface area contributed by atoms with Crippen LogP contribution in [0.5, 0.6) is 0 Å². The molecule has 0 aliphatic carbocycles. The number of nitriles is 3. The summed E-state index contributed by atoms with van der Waals surface area (Å²) in [6.07, 6.45) is 14.8. The summed E-state index contributed by atoms with van der Waals surface area (Å²) in [4.78, 5) is 45.8. The van der Waals surface area contributed by atoms with Gasteiger partial charge < -0.3 is 29.2 Å². The molecule has 8 rings (SSSR count). The molecule has 29 nitrogen and oxygen atoms in total. The van der Waals surface area contributed by atoms with Gasteiger partial charge in [-0.3, -0.25) is 59.5 Å². The molecule has 0 saturated carbocycles. The number of hydrogen-bond acceptors (Lipinski definition) is 29. The van der Waals surface area contributed by atoms with Gasteiger partial charge in [-0.05, 0) is 97.1 Å². The van der Waals surface area contributed by atoms with E-state index < -0.39 is 62.5 Å². The molecule has 0 aromatic carbocycles. The molecule has 0 fully saturated rings. The first-order valence-electron chi connectivity index (χ1n) is 29.0. The Labute approximate surface area is 677 Å². The summed E-state index contributed by atoms with van der Waals surface area (Å²) in [5, 5.41) is 22.0. The van der Waals surface area contributed by atoms with Crippen molar-refractivity contribution in [2.75, 3.05) is 26.2 Å². The topological polar surface area (TPSA) is 476 Å². The van der Waals surface area contributed by atoms with Crippen LogP contribution in [0.2, 0.25) is 0 Å². The van der Waals surface area contributed by atoms with Gasteiger partial charge in [0.2, 0.25) is 0 Å². The Morgan fingerprint density at radius 2 is 0.376 bits per heavy atom. The number of alkyl halides is 12. The van der Waals surface area contributed by atoms with Crippen LogP contribution >= 0.6 is 0 Å². The molecular formula is C62H67F12La2N15O14S4. The summed E-state index contributed by atoms with van der Waals surface area (Å²) in [6.45, 7) is 14.0. The standard InChI is InChI=1S/2C26H28N6.3C2H3N.4CHF3O3S.2La.2H2O/c2*1-5-13-27-23(9-1)19-31(20-24-10-2-6-14-28-24)17-18-32(21-25-11-3-7-15-29-25)22-26-12-4-8-16-30-26;3*1-2-3;4*2-1(3,4)8(5,6)7;;;;/h2*1-16H,17-22H2;3*1H3;4*(H,5,6,7);;;2*1H2/q;;;;;;;;;2*+3;;/p-6. The third kappa shape index (κ3) is 54.0. The summed E-state index contributed by atoms with van der Waals surface area (Å²) in [5.41, 5.74) is -14.1. The molecule has 0 spiro atoms. The second-order valence-electron chi connectivity index (χ2n) is 19.7. The second-order valence-corrected chi connectivity index (χ2v) is 25.2. The van der Waals surface area contributed by atoms with Gasteiger partial charge in [0.05, 0.1) is 63.8 Å². The van der Waals surface area contributed by atoms with E-state index in [0.717, 1.165) is 124 Å². The van der Waals surface area contributed by atoms with Crippen LogP contribution in [-0.4, -0.2) is 171 Å². The molecule has 0 bridgehead atoms. The molecule has 0 radical (unpaired) electrons. The molecule has 109 heavy (non-hydrogen) atoms. The quantitative estimate of drug-likeness (QED) is 0.0346. The van der Waals surface area contributed by atoms with Crippen molar-refractivity contribution in [3.05, 3.63) is 241 Å². The van der Waals surface area contributed by atoms with Crippen molar-refractivity contribution < 1.29 is 187 Å². The summed E-state index contributed by atoms with van der Waals surface area (Å²) in [6, 6.07) is 53.8. The Kier molecular flexibility index (Phi) is 58.3. The normalized spacial score (nSPS) is 10.9. The number of aromatic nitrogens is 8. The molecular weight excluding hydrogens is 1810 g/mol. The Morgan fingerprint density at radius 3 is 0.440 bits per heavy atom. The van der Waals surface area contributed by atoms with Crippen LogP contribution in [-0.2, 0) is 92.8 Å². The van der Waals surface area contributed by atoms with Crippen LogP contribution in [0, 0.1) is 105 Å². The van der Waals surface area contributed by atoms with E-state index in [4.69, 9.17) is 67.7 Å². The van der Waals surface area contributed by atoms with Crippen molar-refractivity contribution in [2.24, 2.45) is 0 Å². The Balaban J connectivity index is -0.000000431. The van der Waals surface area contributed by atoms with Gasteiger partial charge in [-0.25, -0.2) is 33.7 Å². The molecule has 0 aliphatic rings. The first-order valence-corrected chi connectivity index (χ1v) is 34.7. The molecule has 8 heterocycles. The Morgan fingerprint density at radius 1 is 0.284 bits per heavy atom. The molecule has 0 saturated heterocycles. The molecule has 0 atom stereocenters. The molecule has 0 aliphatic heterocycles. The summed E-state index contributed by atoms with van der Waals surface area (Å²) in [7, 11) is -24.4. The predicted molar refractivity (Wildman–Crippen MR) is 351 cm³/mol. The van der Waals surface area contributed by atoms with Crippen LogP contribution in [0.1, 0.15) is 66.3 Å². The van der Waals surface area contributed by atoms with E-state index >= 15 is 0 Å². The van der Waals surface area contributed by atoms with E-state index in [1.807, 2.05) is 147 Å². The van der Waals surface area contributed by atoms with Gasteiger partial charge in [0.1, 0.15) is 0 Å². The van der Waals surface area contributed by atoms with E-state index in [1.165, 1.54) is 20.8 Å². The maximum atomic E-state index is 10.7. The average Bonchev–Trinajstić information content (AvgIpc) is 0.917. The zero-order valence-corrected chi connectivity index (χ0v) is 67.8. The maximum absolute atomic E-state index is 10.7. The number of halogens is 12. The van der Waals surface area contributed by atoms with E-state index in [2.05, 4.69) is 108 Å². The van der Waals surface area contributed by atoms with Crippen LogP contribution in [0.3, 0.4) is 0 Å². The summed E-state index contributed by atoms with van der Waals surface area (Å²) in [5.74, 6) is 0. The fourth-order valence-corrected chi connectivity index (χ4v) is 7.19. The monoisotopic (exact) mass is 1880 g/mol. The third-order valence-electron chi connectivity index (χ3n) is 11.5. The first kappa shape index (κ1) is 110. The van der Waals surface area contributed by atoms with E-state index in [9.17, 15) is 52.7 Å². The van der Waals surface area contributed by atoms with E-state index in [0.29, 0.717) is 0 Å². The number of hydrogen-bond donors (Lipinski definition) is 0. The van der Waals surface area contributed by atoms with Crippen LogP contribution < -0.4 is 0 Å². The zero-order chi connectivity index (χ0) is 79.8. The van der Waals surface area contributed by atoms with Crippen LogP contribution in [0.15, 0.2) is 195 Å². The predicted octanol–water partition coefficient (Wildman–Crippen LogP) is 9.38. The fraction of sp³-hybridized carbons (Fsp3) is 0.306. The van der Waals surface area contributed by atoms with E-state index in [1.54, 1.807) is 18.2 Å². The van der Waals surface area contributed by atoms with Gasteiger partial charge in [0.25, 0.3) is 0 Å². The van der Waals surface area contributed by atoms with Gasteiger partial charge in [-0.1, -0.05) is 48.5 Å². The molecule has 8 aromatic rings. The minimum absolute atomic E-state index is 0. The van der Waals surface area contributed by atoms with Crippen molar-refractivity contribution in [1.82, 2.24) is 59.5 Å². The Bertz CT molecular complexity index is 3570. The van der Waals surface area contributed by atoms with Crippen molar-refractivity contribution >= 4 is 40.5 Å². The van der Waals surface area contributed by atoms with Crippen LogP contribution in [0.4, 0.5) is 52.7 Å². The van der Waals surface area contributed by atoms with Crippen LogP contribution in [0.25, 0.3) is 0 Å². The van der Waals surface area contributed by atoms with E-state index in [-0.39, 0.29) is 82.2 Å². The Hall–Kier alpha value is -7.38. The molecule has 0 unspecified atom stereocenters. The summed E-state index contributed by atoms with van der Waals surface area (Å²) >= 11 is 0. The molecule has 588 valence electrons. The number of nitrogens with zero attached hydrogens (tertiary/aromatic N) is 15. The van der Waals surface area contributed by atoms with Gasteiger partial charge in [0.15, 0.2) is 40.5 Å². The fourth-order valence-electron chi connectivity index (χ4n) is 7.19. The maximum Gasteiger partial charge on any atom is 3.00 e. The number of pyridine rings is 8. The molecule has 8 aromatic heterocycles. The third-order valence-corrected chi connectivity index (χ3v) is 13.8. The smallest absolute Gasteiger partial charge is 0.870 e. The number of rotatable bonds is 22. The van der Waals surface area contributed by atoms with Crippen molar-refractivity contribution in [1.29, 1.82) is 15.8 Å². The summed E-state index contributed by atoms with van der Waals surface area (Å²) < 4.78 is 236.